The number of hydrogen-bond acceptors (Lipinski definition) is 2. The lowest BCUT2D eigenvalue weighted by molar-refractivity contribution is -0.137. The molecule has 0 N–H and O–H groups in total. The SMILES string of the molecule is N#CC(C#N)=Cc1cc(I)cc(C(F)(F)F)c1. The van der Waals surface area contributed by atoms with Crippen LogP contribution in [-0.2, 0) is 6.18 Å². The monoisotopic (exact) mass is 348 g/mol. The minimum Gasteiger partial charge on any atom is -0.192 e. The van der Waals surface area contributed by atoms with Crippen molar-refractivity contribution in [1.82, 2.24) is 0 Å². The first-order valence-electron chi connectivity index (χ1n) is 4.26. The summed E-state index contributed by atoms with van der Waals surface area (Å²) in [6.45, 7) is 0. The molecule has 2 nitrogen and oxygen atoms in total. The third-order valence-corrected chi connectivity index (χ3v) is 2.42. The van der Waals surface area contributed by atoms with Crippen LogP contribution in [0.15, 0.2) is 23.8 Å². The van der Waals surface area contributed by atoms with Crippen molar-refractivity contribution in [3.05, 3.63) is 38.5 Å². The maximum atomic E-state index is 12.5. The van der Waals surface area contributed by atoms with Crippen LogP contribution in [0.5, 0.6) is 0 Å². The molecule has 0 bridgehead atoms. The van der Waals surface area contributed by atoms with Crippen LogP contribution < -0.4 is 0 Å². The third kappa shape index (κ3) is 3.75. The highest BCUT2D eigenvalue weighted by atomic mass is 127. The Morgan fingerprint density at radius 2 is 1.76 bits per heavy atom. The second-order valence-corrected chi connectivity index (χ2v) is 4.30. The van der Waals surface area contributed by atoms with Crippen molar-refractivity contribution in [3.8, 4) is 12.1 Å². The lowest BCUT2D eigenvalue weighted by Crippen LogP contribution is -2.05. The molecule has 0 unspecified atom stereocenters. The average molecular weight is 348 g/mol. The van der Waals surface area contributed by atoms with E-state index >= 15 is 0 Å². The number of benzene rings is 1. The molecule has 0 radical (unpaired) electrons. The Hall–Kier alpha value is -1.54. The molecule has 0 saturated heterocycles. The second-order valence-electron chi connectivity index (χ2n) is 3.05. The predicted molar refractivity (Wildman–Crippen MR) is 63.4 cm³/mol. The fraction of sp³-hybridized carbons (Fsp3) is 0.0909. The molecular weight excluding hydrogens is 344 g/mol. The number of rotatable bonds is 1. The Balaban J connectivity index is 3.31. The second kappa shape index (κ2) is 5.19. The fourth-order valence-corrected chi connectivity index (χ4v) is 1.81. The first-order chi connectivity index (χ1) is 7.86. The van der Waals surface area contributed by atoms with Gasteiger partial charge in [0, 0.05) is 3.57 Å². The molecule has 1 aromatic carbocycles. The Morgan fingerprint density at radius 3 is 2.24 bits per heavy atom. The lowest BCUT2D eigenvalue weighted by Gasteiger charge is -2.08. The first kappa shape index (κ1) is 13.5. The topological polar surface area (TPSA) is 47.6 Å². The zero-order valence-corrected chi connectivity index (χ0v) is 10.4. The fourth-order valence-electron chi connectivity index (χ4n) is 1.12. The number of nitriles is 2. The van der Waals surface area contributed by atoms with E-state index in [1.165, 1.54) is 6.07 Å². The van der Waals surface area contributed by atoms with E-state index in [2.05, 4.69) is 0 Å². The van der Waals surface area contributed by atoms with Crippen molar-refractivity contribution in [1.29, 1.82) is 10.5 Å². The molecule has 0 atom stereocenters. The smallest absolute Gasteiger partial charge is 0.192 e. The van der Waals surface area contributed by atoms with Gasteiger partial charge in [0.25, 0.3) is 0 Å². The van der Waals surface area contributed by atoms with E-state index < -0.39 is 11.7 Å². The van der Waals surface area contributed by atoms with Crippen LogP contribution in [-0.4, -0.2) is 0 Å². The average Bonchev–Trinajstić information content (AvgIpc) is 2.24. The van der Waals surface area contributed by atoms with Gasteiger partial charge in [0.15, 0.2) is 0 Å². The van der Waals surface area contributed by atoms with E-state index in [9.17, 15) is 13.2 Å². The molecule has 6 heteroatoms. The van der Waals surface area contributed by atoms with Gasteiger partial charge in [0.05, 0.1) is 5.56 Å². The Bertz CT molecular complexity index is 531. The van der Waals surface area contributed by atoms with Gasteiger partial charge in [-0.25, -0.2) is 0 Å². The van der Waals surface area contributed by atoms with Crippen molar-refractivity contribution in [2.45, 2.75) is 6.18 Å². The van der Waals surface area contributed by atoms with E-state index in [4.69, 9.17) is 10.5 Å². The number of alkyl halides is 3. The van der Waals surface area contributed by atoms with Gasteiger partial charge in [-0.1, -0.05) is 0 Å². The maximum absolute atomic E-state index is 12.5. The summed E-state index contributed by atoms with van der Waals surface area (Å²) in [6.07, 6.45) is -3.32. The van der Waals surface area contributed by atoms with Crippen molar-refractivity contribution in [2.24, 2.45) is 0 Å². The summed E-state index contributed by atoms with van der Waals surface area (Å²) in [5.41, 5.74) is -0.853. The number of halogens is 4. The van der Waals surface area contributed by atoms with E-state index in [0.29, 0.717) is 3.57 Å². The molecule has 1 rings (SSSR count). The third-order valence-electron chi connectivity index (χ3n) is 1.80. The van der Waals surface area contributed by atoms with Gasteiger partial charge >= 0.3 is 6.18 Å². The summed E-state index contributed by atoms with van der Waals surface area (Å²) in [5.74, 6) is 0. The molecule has 0 aromatic heterocycles. The summed E-state index contributed by atoms with van der Waals surface area (Å²) in [6, 6.07) is 6.55. The summed E-state index contributed by atoms with van der Waals surface area (Å²) in [7, 11) is 0. The summed E-state index contributed by atoms with van der Waals surface area (Å²) in [4.78, 5) is 0. The summed E-state index contributed by atoms with van der Waals surface area (Å²) < 4.78 is 37.9. The Labute approximate surface area is 109 Å². The van der Waals surface area contributed by atoms with Gasteiger partial charge in [-0.05, 0) is 52.4 Å². The number of hydrogen-bond donors (Lipinski definition) is 0. The normalized spacial score (nSPS) is 10.2. The van der Waals surface area contributed by atoms with Crippen LogP contribution in [0.2, 0.25) is 0 Å². The lowest BCUT2D eigenvalue weighted by atomic mass is 10.1. The molecule has 0 spiro atoms. The minimum atomic E-state index is -4.44. The molecule has 0 saturated carbocycles. The van der Waals surface area contributed by atoms with Crippen LogP contribution in [0.25, 0.3) is 6.08 Å². The van der Waals surface area contributed by atoms with Gasteiger partial charge in [0.2, 0.25) is 0 Å². The van der Waals surface area contributed by atoms with Crippen molar-refractivity contribution in [3.63, 3.8) is 0 Å². The molecule has 86 valence electrons. The van der Waals surface area contributed by atoms with Gasteiger partial charge < -0.3 is 0 Å². The van der Waals surface area contributed by atoms with Crippen molar-refractivity contribution >= 4 is 28.7 Å². The zero-order valence-electron chi connectivity index (χ0n) is 8.22. The minimum absolute atomic E-state index is 0.183. The predicted octanol–water partition coefficient (Wildman–Crippen LogP) is 3.74. The largest absolute Gasteiger partial charge is 0.416 e. The highest BCUT2D eigenvalue weighted by molar-refractivity contribution is 14.1. The van der Waals surface area contributed by atoms with Gasteiger partial charge in [-0.15, -0.1) is 0 Å². The molecule has 0 aliphatic heterocycles. The van der Waals surface area contributed by atoms with Crippen LogP contribution >= 0.6 is 22.6 Å². The molecule has 0 aliphatic rings. The maximum Gasteiger partial charge on any atom is 0.416 e. The number of nitrogens with zero attached hydrogens (tertiary/aromatic N) is 2. The Kier molecular flexibility index (Phi) is 4.13. The first-order valence-corrected chi connectivity index (χ1v) is 5.34. The van der Waals surface area contributed by atoms with Crippen LogP contribution in [0.1, 0.15) is 11.1 Å². The standard InChI is InChI=1S/C11H4F3IN2/c12-11(13,14)9-2-7(3-10(15)4-9)1-8(5-16)6-17/h1-4H. The highest BCUT2D eigenvalue weighted by Gasteiger charge is 2.30. The molecule has 17 heavy (non-hydrogen) atoms. The zero-order chi connectivity index (χ0) is 13.1. The molecule has 0 fully saturated rings. The van der Waals surface area contributed by atoms with Crippen molar-refractivity contribution in [2.75, 3.05) is 0 Å². The van der Waals surface area contributed by atoms with E-state index in [1.54, 1.807) is 34.7 Å². The number of allylic oxidation sites excluding steroid dienone is 1. The van der Waals surface area contributed by atoms with Gasteiger partial charge in [-0.3, -0.25) is 0 Å². The van der Waals surface area contributed by atoms with Gasteiger partial charge in [-0.2, -0.15) is 23.7 Å². The molecule has 0 heterocycles. The van der Waals surface area contributed by atoms with Crippen LogP contribution in [0.3, 0.4) is 0 Å². The molecule has 0 amide bonds. The van der Waals surface area contributed by atoms with E-state index in [1.807, 2.05) is 0 Å². The van der Waals surface area contributed by atoms with Gasteiger partial charge in [0.1, 0.15) is 17.7 Å². The van der Waals surface area contributed by atoms with E-state index in [0.717, 1.165) is 18.2 Å². The van der Waals surface area contributed by atoms with Crippen LogP contribution in [0.4, 0.5) is 13.2 Å². The Morgan fingerprint density at radius 1 is 1.18 bits per heavy atom. The summed E-state index contributed by atoms with van der Waals surface area (Å²) >= 11 is 1.75. The quantitative estimate of drug-likeness (QED) is 0.573. The molecule has 0 aliphatic carbocycles. The van der Waals surface area contributed by atoms with Crippen LogP contribution in [0, 0.1) is 26.2 Å². The summed E-state index contributed by atoms with van der Waals surface area (Å²) in [5, 5.41) is 17.0. The highest BCUT2D eigenvalue weighted by Crippen LogP contribution is 2.31. The van der Waals surface area contributed by atoms with E-state index in [-0.39, 0.29) is 11.1 Å². The molecular formula is C11H4F3IN2. The van der Waals surface area contributed by atoms with Crippen molar-refractivity contribution < 1.29 is 13.2 Å². The molecule has 1 aromatic rings.